The Morgan fingerprint density at radius 1 is 1.30 bits per heavy atom. The molecule has 2 aromatic heterocycles. The lowest BCUT2D eigenvalue weighted by Crippen LogP contribution is -2.44. The SMILES string of the molecule is CCO[C@H]1C[C@H](C#N)N(C(=O)C2CCN(c3cnccc3-n3cc(C)cn3)CC2)C1. The predicted molar refractivity (Wildman–Crippen MR) is 112 cm³/mol. The Balaban J connectivity index is 1.42. The van der Waals surface area contributed by atoms with Gasteiger partial charge in [0.05, 0.1) is 35.9 Å². The number of nitriles is 1. The summed E-state index contributed by atoms with van der Waals surface area (Å²) in [6.07, 6.45) is 9.59. The lowest BCUT2D eigenvalue weighted by molar-refractivity contribution is -0.136. The Bertz CT molecular complexity index is 928. The van der Waals surface area contributed by atoms with Crippen LogP contribution in [-0.2, 0) is 9.53 Å². The molecule has 2 aliphatic heterocycles. The van der Waals surface area contributed by atoms with Crippen LogP contribution in [0.5, 0.6) is 0 Å². The number of rotatable bonds is 5. The summed E-state index contributed by atoms with van der Waals surface area (Å²) in [7, 11) is 0. The van der Waals surface area contributed by atoms with Crippen molar-refractivity contribution in [3.63, 3.8) is 0 Å². The second kappa shape index (κ2) is 8.84. The molecule has 4 rings (SSSR count). The van der Waals surface area contributed by atoms with E-state index in [4.69, 9.17) is 4.74 Å². The number of piperidine rings is 1. The molecule has 30 heavy (non-hydrogen) atoms. The Morgan fingerprint density at radius 3 is 2.77 bits per heavy atom. The maximum atomic E-state index is 13.1. The van der Waals surface area contributed by atoms with Gasteiger partial charge in [-0.05, 0) is 38.3 Å². The summed E-state index contributed by atoms with van der Waals surface area (Å²) in [5.74, 6) is 0.0436. The van der Waals surface area contributed by atoms with Gasteiger partial charge in [-0.15, -0.1) is 0 Å². The Kier molecular flexibility index (Phi) is 6.00. The first-order valence-electron chi connectivity index (χ1n) is 10.6. The van der Waals surface area contributed by atoms with Gasteiger partial charge in [-0.3, -0.25) is 9.78 Å². The summed E-state index contributed by atoms with van der Waals surface area (Å²) in [6, 6.07) is 3.87. The molecule has 0 radical (unpaired) electrons. The number of hydrogen-bond acceptors (Lipinski definition) is 6. The second-order valence-corrected chi connectivity index (χ2v) is 8.04. The molecule has 4 heterocycles. The van der Waals surface area contributed by atoms with Gasteiger partial charge in [-0.2, -0.15) is 10.4 Å². The maximum absolute atomic E-state index is 13.1. The van der Waals surface area contributed by atoms with Gasteiger partial charge < -0.3 is 14.5 Å². The first-order valence-corrected chi connectivity index (χ1v) is 10.6. The third kappa shape index (κ3) is 4.03. The third-order valence-corrected chi connectivity index (χ3v) is 6.02. The number of anilines is 1. The maximum Gasteiger partial charge on any atom is 0.226 e. The molecule has 2 saturated heterocycles. The van der Waals surface area contributed by atoms with Crippen LogP contribution in [0.15, 0.2) is 30.9 Å². The zero-order chi connectivity index (χ0) is 21.1. The van der Waals surface area contributed by atoms with Crippen molar-refractivity contribution in [2.45, 2.75) is 45.3 Å². The average molecular weight is 409 g/mol. The highest BCUT2D eigenvalue weighted by molar-refractivity contribution is 5.80. The van der Waals surface area contributed by atoms with Crippen LogP contribution in [0.1, 0.15) is 31.7 Å². The van der Waals surface area contributed by atoms with Crippen LogP contribution >= 0.6 is 0 Å². The first-order chi connectivity index (χ1) is 14.6. The van der Waals surface area contributed by atoms with E-state index in [9.17, 15) is 10.1 Å². The van der Waals surface area contributed by atoms with Crippen LogP contribution in [-0.4, -0.2) is 64.0 Å². The molecular weight excluding hydrogens is 380 g/mol. The second-order valence-electron chi connectivity index (χ2n) is 8.04. The van der Waals surface area contributed by atoms with Crippen molar-refractivity contribution < 1.29 is 9.53 Å². The van der Waals surface area contributed by atoms with Gasteiger partial charge >= 0.3 is 0 Å². The summed E-state index contributed by atoms with van der Waals surface area (Å²) in [4.78, 5) is 21.5. The zero-order valence-electron chi connectivity index (χ0n) is 17.6. The van der Waals surface area contributed by atoms with Crippen LogP contribution in [0.2, 0.25) is 0 Å². The van der Waals surface area contributed by atoms with Gasteiger partial charge in [0.15, 0.2) is 0 Å². The molecule has 0 aromatic carbocycles. The Labute approximate surface area is 177 Å². The van der Waals surface area contributed by atoms with Crippen LogP contribution < -0.4 is 4.90 Å². The van der Waals surface area contributed by atoms with E-state index in [2.05, 4.69) is 21.1 Å². The normalized spacial score (nSPS) is 22.3. The number of aromatic nitrogens is 3. The molecule has 0 spiro atoms. The molecular formula is C22H28N6O2. The molecule has 8 heteroatoms. The smallest absolute Gasteiger partial charge is 0.226 e. The predicted octanol–water partition coefficient (Wildman–Crippen LogP) is 2.32. The molecule has 2 aliphatic rings. The summed E-state index contributed by atoms with van der Waals surface area (Å²) in [5.41, 5.74) is 3.12. The monoisotopic (exact) mass is 408 g/mol. The van der Waals surface area contributed by atoms with Crippen molar-refractivity contribution >= 4 is 11.6 Å². The number of hydrogen-bond donors (Lipinski definition) is 0. The van der Waals surface area contributed by atoms with Gasteiger partial charge in [0, 0.05) is 51.0 Å². The number of amides is 1. The highest BCUT2D eigenvalue weighted by Gasteiger charge is 2.39. The zero-order valence-corrected chi connectivity index (χ0v) is 17.6. The summed E-state index contributed by atoms with van der Waals surface area (Å²) in [6.45, 7) is 6.64. The fourth-order valence-corrected chi connectivity index (χ4v) is 4.48. The van der Waals surface area contributed by atoms with Gasteiger partial charge in [-0.25, -0.2) is 4.68 Å². The minimum Gasteiger partial charge on any atom is -0.377 e. The lowest BCUT2D eigenvalue weighted by atomic mass is 9.94. The van der Waals surface area contributed by atoms with Crippen LogP contribution in [0.3, 0.4) is 0 Å². The summed E-state index contributed by atoms with van der Waals surface area (Å²) >= 11 is 0. The van der Waals surface area contributed by atoms with Crippen molar-refractivity contribution in [1.29, 1.82) is 5.26 Å². The number of carbonyl (C=O) groups is 1. The molecule has 1 amide bonds. The number of ether oxygens (including phenoxy) is 1. The number of nitrogens with zero attached hydrogens (tertiary/aromatic N) is 6. The van der Waals surface area contributed by atoms with Gasteiger partial charge in [-0.1, -0.05) is 0 Å². The van der Waals surface area contributed by atoms with E-state index in [1.54, 1.807) is 11.1 Å². The summed E-state index contributed by atoms with van der Waals surface area (Å²) < 4.78 is 7.54. The van der Waals surface area contributed by atoms with Crippen molar-refractivity contribution in [3.05, 3.63) is 36.4 Å². The molecule has 2 fully saturated rings. The van der Waals surface area contributed by atoms with Gasteiger partial charge in [0.1, 0.15) is 6.04 Å². The van der Waals surface area contributed by atoms with Crippen LogP contribution in [0, 0.1) is 24.2 Å². The fraction of sp³-hybridized carbons (Fsp3) is 0.545. The molecule has 158 valence electrons. The quantitative estimate of drug-likeness (QED) is 0.755. The molecule has 0 N–H and O–H groups in total. The van der Waals surface area contributed by atoms with E-state index >= 15 is 0 Å². The largest absolute Gasteiger partial charge is 0.377 e. The van der Waals surface area contributed by atoms with Crippen molar-refractivity contribution in [2.75, 3.05) is 31.1 Å². The van der Waals surface area contributed by atoms with Gasteiger partial charge in [0.2, 0.25) is 5.91 Å². The highest BCUT2D eigenvalue weighted by atomic mass is 16.5. The Morgan fingerprint density at radius 2 is 2.10 bits per heavy atom. The third-order valence-electron chi connectivity index (χ3n) is 6.02. The minimum absolute atomic E-state index is 0.0285. The number of likely N-dealkylation sites (tertiary alicyclic amines) is 1. The molecule has 0 aliphatic carbocycles. The lowest BCUT2D eigenvalue weighted by Gasteiger charge is -2.35. The topological polar surface area (TPSA) is 87.3 Å². The van der Waals surface area contributed by atoms with Crippen LogP contribution in [0.25, 0.3) is 5.69 Å². The van der Waals surface area contributed by atoms with E-state index < -0.39 is 0 Å². The van der Waals surface area contributed by atoms with Crippen molar-refractivity contribution in [1.82, 2.24) is 19.7 Å². The molecule has 0 saturated carbocycles. The van der Waals surface area contributed by atoms with Gasteiger partial charge in [0.25, 0.3) is 0 Å². The molecule has 8 nitrogen and oxygen atoms in total. The van der Waals surface area contributed by atoms with E-state index in [0.29, 0.717) is 19.6 Å². The van der Waals surface area contributed by atoms with Crippen LogP contribution in [0.4, 0.5) is 5.69 Å². The first kappa shape index (κ1) is 20.4. The standard InChI is InChI=1S/C22H28N6O2/c1-3-30-19-10-18(11-23)27(15-19)22(29)17-5-8-26(9-6-17)21-13-24-7-4-20(21)28-14-16(2)12-25-28/h4,7,12-14,17-19H,3,5-6,8-10,15H2,1-2H3/t18-,19+/m1/s1. The number of carbonyl (C=O) groups excluding carboxylic acids is 1. The van der Waals surface area contributed by atoms with E-state index in [1.165, 1.54) is 0 Å². The van der Waals surface area contributed by atoms with Crippen molar-refractivity contribution in [3.8, 4) is 11.8 Å². The number of aryl methyl sites for hydroxylation is 1. The number of pyridine rings is 1. The van der Waals surface area contributed by atoms with E-state index in [0.717, 1.165) is 42.9 Å². The van der Waals surface area contributed by atoms with E-state index in [-0.39, 0.29) is 24.0 Å². The highest BCUT2D eigenvalue weighted by Crippen LogP contribution is 2.30. The molecule has 0 unspecified atom stereocenters. The van der Waals surface area contributed by atoms with Crippen molar-refractivity contribution in [2.24, 2.45) is 5.92 Å². The molecule has 2 aromatic rings. The van der Waals surface area contributed by atoms with E-state index in [1.807, 2.05) is 43.2 Å². The molecule has 0 bridgehead atoms. The molecule has 2 atom stereocenters. The minimum atomic E-state index is -0.375. The Hall–Kier alpha value is -2.92. The fourth-order valence-electron chi connectivity index (χ4n) is 4.48. The summed E-state index contributed by atoms with van der Waals surface area (Å²) in [5, 5.41) is 13.9. The average Bonchev–Trinajstić information content (AvgIpc) is 3.39.